The summed E-state index contributed by atoms with van der Waals surface area (Å²) in [5.41, 5.74) is 0. The van der Waals surface area contributed by atoms with Crippen molar-refractivity contribution in [3.8, 4) is 0 Å². The molecule has 2 unspecified atom stereocenters. The maximum atomic E-state index is 5.74. The first-order valence-corrected chi connectivity index (χ1v) is 5.75. The second-order valence-electron chi connectivity index (χ2n) is 3.46. The molecule has 0 bridgehead atoms. The minimum absolute atomic E-state index is 0.608. The van der Waals surface area contributed by atoms with Crippen molar-refractivity contribution >= 4 is 11.8 Å². The fourth-order valence-corrected chi connectivity index (χ4v) is 3.35. The quantitative estimate of drug-likeness (QED) is 0.601. The van der Waals surface area contributed by atoms with Gasteiger partial charge in [0.2, 0.25) is 0 Å². The van der Waals surface area contributed by atoms with Crippen molar-refractivity contribution < 1.29 is 4.74 Å². The lowest BCUT2D eigenvalue weighted by atomic mass is 10.0. The average molecular weight is 172 g/mol. The summed E-state index contributed by atoms with van der Waals surface area (Å²) in [5.74, 6) is 1.37. The van der Waals surface area contributed by atoms with Crippen molar-refractivity contribution in [3.05, 3.63) is 0 Å². The molecule has 64 valence electrons. The third-order valence-electron chi connectivity index (χ3n) is 2.59. The summed E-state index contributed by atoms with van der Waals surface area (Å²) in [6.45, 7) is 1.02. The number of ether oxygens (including phenoxy) is 1. The molecule has 0 N–H and O–H groups in total. The SMILES string of the molecule is C1CCC(C2CCCS2)OC1. The van der Waals surface area contributed by atoms with Gasteiger partial charge in [0.05, 0.1) is 6.10 Å². The monoisotopic (exact) mass is 172 g/mol. The van der Waals surface area contributed by atoms with E-state index in [1.165, 1.54) is 37.9 Å². The molecule has 2 heterocycles. The molecular formula is C9H16OS. The summed E-state index contributed by atoms with van der Waals surface area (Å²) in [5, 5.41) is 0.843. The van der Waals surface area contributed by atoms with Gasteiger partial charge < -0.3 is 4.74 Å². The zero-order chi connectivity index (χ0) is 7.52. The Morgan fingerprint density at radius 2 is 2.09 bits per heavy atom. The Bertz CT molecular complexity index is 115. The largest absolute Gasteiger partial charge is 0.377 e. The molecule has 0 aliphatic carbocycles. The number of thioether (sulfide) groups is 1. The van der Waals surface area contributed by atoms with E-state index in [1.54, 1.807) is 0 Å². The van der Waals surface area contributed by atoms with Crippen molar-refractivity contribution in [3.63, 3.8) is 0 Å². The fraction of sp³-hybridized carbons (Fsp3) is 1.00. The van der Waals surface area contributed by atoms with Gasteiger partial charge in [0.15, 0.2) is 0 Å². The molecular weight excluding hydrogens is 156 g/mol. The molecule has 2 aliphatic rings. The van der Waals surface area contributed by atoms with Crippen LogP contribution in [0.5, 0.6) is 0 Å². The van der Waals surface area contributed by atoms with Gasteiger partial charge >= 0.3 is 0 Å². The number of hydrogen-bond acceptors (Lipinski definition) is 2. The highest BCUT2D eigenvalue weighted by molar-refractivity contribution is 8.00. The molecule has 2 aliphatic heterocycles. The van der Waals surface area contributed by atoms with Crippen molar-refractivity contribution in [2.45, 2.75) is 43.5 Å². The minimum Gasteiger partial charge on any atom is -0.377 e. The first-order chi connectivity index (χ1) is 5.47. The first kappa shape index (κ1) is 7.93. The second kappa shape index (κ2) is 3.81. The summed E-state index contributed by atoms with van der Waals surface area (Å²) < 4.78 is 5.74. The lowest BCUT2D eigenvalue weighted by molar-refractivity contribution is 0.0150. The maximum Gasteiger partial charge on any atom is 0.0693 e. The molecule has 2 fully saturated rings. The van der Waals surface area contributed by atoms with Crippen LogP contribution in [0.1, 0.15) is 32.1 Å². The van der Waals surface area contributed by atoms with Crippen LogP contribution in [0.25, 0.3) is 0 Å². The molecule has 0 aromatic carbocycles. The van der Waals surface area contributed by atoms with E-state index in [1.807, 2.05) is 0 Å². The van der Waals surface area contributed by atoms with E-state index in [4.69, 9.17) is 4.74 Å². The van der Waals surface area contributed by atoms with Crippen LogP contribution in [0.3, 0.4) is 0 Å². The molecule has 2 atom stereocenters. The fourth-order valence-electron chi connectivity index (χ4n) is 1.95. The zero-order valence-corrected chi connectivity index (χ0v) is 7.74. The molecule has 2 heteroatoms. The molecule has 0 aromatic rings. The highest BCUT2D eigenvalue weighted by atomic mass is 32.2. The average Bonchev–Trinajstić information content (AvgIpc) is 2.58. The van der Waals surface area contributed by atoms with Gasteiger partial charge in [0.25, 0.3) is 0 Å². The van der Waals surface area contributed by atoms with E-state index in [0.29, 0.717) is 6.10 Å². The molecule has 2 saturated heterocycles. The molecule has 0 spiro atoms. The van der Waals surface area contributed by atoms with Gasteiger partial charge in [-0.05, 0) is 37.9 Å². The van der Waals surface area contributed by atoms with E-state index in [2.05, 4.69) is 11.8 Å². The Kier molecular flexibility index (Phi) is 2.75. The van der Waals surface area contributed by atoms with Crippen LogP contribution in [0.15, 0.2) is 0 Å². The Morgan fingerprint density at radius 3 is 2.73 bits per heavy atom. The minimum atomic E-state index is 0.608. The first-order valence-electron chi connectivity index (χ1n) is 4.70. The number of rotatable bonds is 1. The standard InChI is InChI=1S/C9H16OS/c1-2-6-10-8(4-1)9-5-3-7-11-9/h8-9H,1-7H2. The predicted octanol–water partition coefficient (Wildman–Crippen LogP) is 2.45. The van der Waals surface area contributed by atoms with Crippen LogP contribution in [0, 0.1) is 0 Å². The molecule has 2 rings (SSSR count). The van der Waals surface area contributed by atoms with Gasteiger partial charge in [-0.3, -0.25) is 0 Å². The summed E-state index contributed by atoms with van der Waals surface area (Å²) in [6.07, 6.45) is 7.41. The van der Waals surface area contributed by atoms with Crippen LogP contribution < -0.4 is 0 Å². The predicted molar refractivity (Wildman–Crippen MR) is 49.1 cm³/mol. The summed E-state index contributed by atoms with van der Waals surface area (Å²) in [6, 6.07) is 0. The van der Waals surface area contributed by atoms with E-state index in [9.17, 15) is 0 Å². The third kappa shape index (κ3) is 1.91. The summed E-state index contributed by atoms with van der Waals surface area (Å²) in [7, 11) is 0. The van der Waals surface area contributed by atoms with E-state index in [0.717, 1.165) is 11.9 Å². The van der Waals surface area contributed by atoms with Gasteiger partial charge in [0, 0.05) is 11.9 Å². The molecule has 1 nitrogen and oxygen atoms in total. The van der Waals surface area contributed by atoms with Crippen molar-refractivity contribution in [2.24, 2.45) is 0 Å². The Labute approximate surface area is 72.9 Å². The van der Waals surface area contributed by atoms with E-state index in [-0.39, 0.29) is 0 Å². The normalized spacial score (nSPS) is 39.3. The van der Waals surface area contributed by atoms with Crippen molar-refractivity contribution in [1.82, 2.24) is 0 Å². The maximum absolute atomic E-state index is 5.74. The van der Waals surface area contributed by atoms with Crippen LogP contribution >= 0.6 is 11.8 Å². The van der Waals surface area contributed by atoms with Gasteiger partial charge in [0.1, 0.15) is 0 Å². The van der Waals surface area contributed by atoms with Crippen LogP contribution in [-0.4, -0.2) is 23.7 Å². The van der Waals surface area contributed by atoms with Gasteiger partial charge in [-0.15, -0.1) is 0 Å². The van der Waals surface area contributed by atoms with Crippen LogP contribution in [-0.2, 0) is 4.74 Å². The highest BCUT2D eigenvalue weighted by Crippen LogP contribution is 2.33. The van der Waals surface area contributed by atoms with Crippen LogP contribution in [0.2, 0.25) is 0 Å². The van der Waals surface area contributed by atoms with Crippen molar-refractivity contribution in [2.75, 3.05) is 12.4 Å². The van der Waals surface area contributed by atoms with Gasteiger partial charge in [-0.2, -0.15) is 11.8 Å². The summed E-state index contributed by atoms with van der Waals surface area (Å²) in [4.78, 5) is 0. The lowest BCUT2D eigenvalue weighted by Crippen LogP contribution is -2.28. The molecule has 0 aromatic heterocycles. The Hall–Kier alpha value is 0.310. The van der Waals surface area contributed by atoms with Gasteiger partial charge in [-0.1, -0.05) is 0 Å². The molecule has 0 radical (unpaired) electrons. The van der Waals surface area contributed by atoms with Crippen molar-refractivity contribution in [1.29, 1.82) is 0 Å². The van der Waals surface area contributed by atoms with Gasteiger partial charge in [-0.25, -0.2) is 0 Å². The molecule has 0 amide bonds. The smallest absolute Gasteiger partial charge is 0.0693 e. The lowest BCUT2D eigenvalue weighted by Gasteiger charge is -2.26. The number of hydrogen-bond donors (Lipinski definition) is 0. The van der Waals surface area contributed by atoms with Crippen LogP contribution in [0.4, 0.5) is 0 Å². The Morgan fingerprint density at radius 1 is 1.09 bits per heavy atom. The topological polar surface area (TPSA) is 9.23 Å². The summed E-state index contributed by atoms with van der Waals surface area (Å²) >= 11 is 2.12. The zero-order valence-electron chi connectivity index (χ0n) is 6.92. The second-order valence-corrected chi connectivity index (χ2v) is 4.80. The third-order valence-corrected chi connectivity index (χ3v) is 4.09. The molecule has 11 heavy (non-hydrogen) atoms. The highest BCUT2D eigenvalue weighted by Gasteiger charge is 2.27. The van der Waals surface area contributed by atoms with E-state index < -0.39 is 0 Å². The van der Waals surface area contributed by atoms with E-state index >= 15 is 0 Å². The molecule has 0 saturated carbocycles. The Balaban J connectivity index is 1.82.